The van der Waals surface area contributed by atoms with E-state index >= 15 is 0 Å². The molecule has 1 N–H and O–H groups in total. The number of ether oxygens (including phenoxy) is 1. The molecule has 0 aromatic heterocycles. The summed E-state index contributed by atoms with van der Waals surface area (Å²) in [6.45, 7) is 9.60. The van der Waals surface area contributed by atoms with E-state index in [9.17, 15) is 0 Å². The van der Waals surface area contributed by atoms with Crippen LogP contribution in [0.4, 0.5) is 79.6 Å². The van der Waals surface area contributed by atoms with Crippen LogP contribution in [0.5, 0.6) is 11.5 Å². The standard InChI is InChI=1S/C62H50BN5O/c1-61(2)37-38-62(3,4)56-42(61)39-55-57-59(56)64-58-43(25-19-35-53(58)67-49-31-15-11-27-45(49)65(40-21-7-5-8-22-40)46-28-12-16-32-50(46)67)63(57)44-26-20-36-54(60(44)69-55)68-51-33-17-13-29-47(51)66(41-23-9-6-10-24-41)48-30-14-18-34-52(48)68/h5-36,39,64H,37-38H2,1-4H3. The minimum absolute atomic E-state index is 0.0617. The van der Waals surface area contributed by atoms with Crippen LogP contribution in [0.1, 0.15) is 51.7 Å². The molecule has 0 unspecified atom stereocenters. The third-order valence-corrected chi connectivity index (χ3v) is 15.5. The highest BCUT2D eigenvalue weighted by atomic mass is 16.5. The van der Waals surface area contributed by atoms with Crippen LogP contribution >= 0.6 is 0 Å². The number of rotatable bonds is 4. The molecule has 5 aliphatic rings. The average Bonchev–Trinajstić information content (AvgIpc) is 3.38. The molecule has 7 heteroatoms. The van der Waals surface area contributed by atoms with Gasteiger partial charge in [0.25, 0.3) is 6.71 Å². The third-order valence-electron chi connectivity index (χ3n) is 15.5. The molecule has 0 fully saturated rings. The van der Waals surface area contributed by atoms with Crippen LogP contribution in [0.15, 0.2) is 200 Å². The van der Waals surface area contributed by atoms with E-state index in [4.69, 9.17) is 4.74 Å². The summed E-state index contributed by atoms with van der Waals surface area (Å²) in [4.78, 5) is 9.70. The zero-order valence-electron chi connectivity index (χ0n) is 39.2. The van der Waals surface area contributed by atoms with Gasteiger partial charge in [-0.05, 0) is 142 Å². The summed E-state index contributed by atoms with van der Waals surface area (Å²) in [5, 5.41) is 4.28. The van der Waals surface area contributed by atoms with Crippen LogP contribution in [-0.2, 0) is 10.8 Å². The number of nitrogens with zero attached hydrogens (tertiary/aromatic N) is 4. The van der Waals surface area contributed by atoms with E-state index in [0.29, 0.717) is 0 Å². The SMILES string of the molecule is CC1(C)CCC(C)(C)c2c1cc1c3c2Nc2c(cccc2N2c4ccccc4N(c4ccccc4)c4ccccc42)B3c2cccc(N3c4ccccc4N(c4ccccc4)c4ccccc43)c2O1. The van der Waals surface area contributed by atoms with Crippen LogP contribution in [-0.4, -0.2) is 6.71 Å². The van der Waals surface area contributed by atoms with E-state index in [2.05, 4.69) is 253 Å². The van der Waals surface area contributed by atoms with Crippen molar-refractivity contribution in [3.8, 4) is 11.5 Å². The second-order valence-electron chi connectivity index (χ2n) is 20.4. The summed E-state index contributed by atoms with van der Waals surface area (Å²) in [6.07, 6.45) is 2.19. The van der Waals surface area contributed by atoms with E-state index in [1.807, 2.05) is 0 Å². The maximum Gasteiger partial charge on any atom is 0.256 e. The molecule has 0 saturated carbocycles. The maximum atomic E-state index is 7.57. The Bertz CT molecular complexity index is 3460. The predicted octanol–water partition coefficient (Wildman–Crippen LogP) is 15.2. The Morgan fingerprint density at radius 3 is 1.32 bits per heavy atom. The number of nitrogens with one attached hydrogen (secondary N) is 1. The minimum Gasteiger partial charge on any atom is -0.456 e. The quantitative estimate of drug-likeness (QED) is 0.177. The molecule has 0 spiro atoms. The molecule has 0 atom stereocenters. The molecule has 14 rings (SSSR count). The van der Waals surface area contributed by atoms with Crippen LogP contribution in [0.2, 0.25) is 0 Å². The first-order chi connectivity index (χ1) is 33.8. The fraction of sp³-hybridized carbons (Fsp3) is 0.129. The summed E-state index contributed by atoms with van der Waals surface area (Å²) in [5.74, 6) is 1.82. The lowest BCUT2D eigenvalue weighted by atomic mass is 9.33. The highest BCUT2D eigenvalue weighted by Gasteiger charge is 2.48. The first-order valence-corrected chi connectivity index (χ1v) is 24.4. The van der Waals surface area contributed by atoms with Crippen LogP contribution in [0, 0.1) is 0 Å². The fourth-order valence-corrected chi connectivity index (χ4v) is 12.3. The number of hydrogen-bond acceptors (Lipinski definition) is 6. The van der Waals surface area contributed by atoms with E-state index in [1.165, 1.54) is 27.7 Å². The summed E-state index contributed by atoms with van der Waals surface area (Å²) < 4.78 is 7.57. The van der Waals surface area contributed by atoms with Gasteiger partial charge in [-0.15, -0.1) is 0 Å². The molecule has 4 heterocycles. The lowest BCUT2D eigenvalue weighted by Crippen LogP contribution is -2.59. The van der Waals surface area contributed by atoms with Crippen molar-refractivity contribution in [3.63, 3.8) is 0 Å². The molecule has 0 bridgehead atoms. The van der Waals surface area contributed by atoms with Crippen molar-refractivity contribution in [2.75, 3.05) is 24.9 Å². The molecule has 6 nitrogen and oxygen atoms in total. The first kappa shape index (κ1) is 40.0. The van der Waals surface area contributed by atoms with Gasteiger partial charge in [-0.25, -0.2) is 0 Å². The lowest BCUT2D eigenvalue weighted by Gasteiger charge is -2.47. The number of anilines is 14. The summed E-state index contributed by atoms with van der Waals surface area (Å²) in [5.41, 5.74) is 21.9. The molecule has 9 aromatic carbocycles. The van der Waals surface area contributed by atoms with Crippen molar-refractivity contribution in [3.05, 3.63) is 211 Å². The topological polar surface area (TPSA) is 34.2 Å². The van der Waals surface area contributed by atoms with Crippen molar-refractivity contribution in [2.24, 2.45) is 0 Å². The van der Waals surface area contributed by atoms with Gasteiger partial charge < -0.3 is 29.7 Å². The monoisotopic (exact) mass is 891 g/mol. The molecule has 332 valence electrons. The van der Waals surface area contributed by atoms with E-state index in [0.717, 1.165) is 104 Å². The maximum absolute atomic E-state index is 7.57. The van der Waals surface area contributed by atoms with Gasteiger partial charge in [0, 0.05) is 17.1 Å². The number of para-hydroxylation sites is 12. The fourth-order valence-electron chi connectivity index (χ4n) is 12.3. The van der Waals surface area contributed by atoms with Gasteiger partial charge in [0.15, 0.2) is 0 Å². The Hall–Kier alpha value is -8.16. The molecule has 4 aliphatic heterocycles. The lowest BCUT2D eigenvalue weighted by molar-refractivity contribution is 0.331. The largest absolute Gasteiger partial charge is 0.456 e. The van der Waals surface area contributed by atoms with Crippen molar-refractivity contribution < 1.29 is 4.74 Å². The first-order valence-electron chi connectivity index (χ1n) is 24.4. The number of fused-ring (bicyclic) bond motifs is 10. The molecule has 0 saturated heterocycles. The molecule has 1 aliphatic carbocycles. The van der Waals surface area contributed by atoms with E-state index in [-0.39, 0.29) is 17.5 Å². The van der Waals surface area contributed by atoms with Gasteiger partial charge in [0.05, 0.1) is 62.6 Å². The zero-order valence-corrected chi connectivity index (χ0v) is 39.2. The van der Waals surface area contributed by atoms with Gasteiger partial charge in [-0.2, -0.15) is 0 Å². The average molecular weight is 892 g/mol. The van der Waals surface area contributed by atoms with E-state index < -0.39 is 0 Å². The summed E-state index contributed by atoms with van der Waals surface area (Å²) in [6, 6.07) is 72.8. The third kappa shape index (κ3) is 5.74. The molecule has 0 amide bonds. The van der Waals surface area contributed by atoms with Crippen LogP contribution in [0.25, 0.3) is 0 Å². The summed E-state index contributed by atoms with van der Waals surface area (Å²) >= 11 is 0. The normalized spacial score (nSPS) is 16.0. The van der Waals surface area contributed by atoms with Crippen molar-refractivity contribution in [1.82, 2.24) is 0 Å². The Morgan fingerprint density at radius 2 is 0.812 bits per heavy atom. The molecule has 9 aromatic rings. The predicted molar refractivity (Wildman–Crippen MR) is 288 cm³/mol. The van der Waals surface area contributed by atoms with Gasteiger partial charge in [-0.3, -0.25) is 0 Å². The molecule has 0 radical (unpaired) electrons. The van der Waals surface area contributed by atoms with Gasteiger partial charge >= 0.3 is 0 Å². The second-order valence-corrected chi connectivity index (χ2v) is 20.4. The molecular weight excluding hydrogens is 842 g/mol. The minimum atomic E-state index is -0.117. The molecular formula is C62H50BN5O. The smallest absolute Gasteiger partial charge is 0.256 e. The second kappa shape index (κ2) is 14.7. The zero-order chi connectivity index (χ0) is 46.2. The molecule has 69 heavy (non-hydrogen) atoms. The van der Waals surface area contributed by atoms with Crippen molar-refractivity contribution >= 4 is 103 Å². The Labute approximate surface area is 404 Å². The van der Waals surface area contributed by atoms with Gasteiger partial charge in [0.2, 0.25) is 0 Å². The number of benzene rings is 9. The highest BCUT2D eigenvalue weighted by molar-refractivity contribution is 6.99. The van der Waals surface area contributed by atoms with Gasteiger partial charge in [-0.1, -0.05) is 137 Å². The van der Waals surface area contributed by atoms with E-state index in [1.54, 1.807) is 0 Å². The van der Waals surface area contributed by atoms with Gasteiger partial charge in [0.1, 0.15) is 11.5 Å². The Kier molecular flexibility index (Phi) is 8.50. The summed E-state index contributed by atoms with van der Waals surface area (Å²) in [7, 11) is 0. The highest BCUT2D eigenvalue weighted by Crippen LogP contribution is 2.59. The van der Waals surface area contributed by atoms with Crippen molar-refractivity contribution in [2.45, 2.75) is 51.4 Å². The Morgan fingerprint density at radius 1 is 0.406 bits per heavy atom. The Balaban J connectivity index is 1.02. The van der Waals surface area contributed by atoms with Crippen molar-refractivity contribution in [1.29, 1.82) is 0 Å². The number of hydrogen-bond donors (Lipinski definition) is 1. The van der Waals surface area contributed by atoms with Crippen LogP contribution < -0.4 is 46.0 Å². The van der Waals surface area contributed by atoms with Crippen LogP contribution in [0.3, 0.4) is 0 Å².